The van der Waals surface area contributed by atoms with Crippen LogP contribution in [0.5, 0.6) is 5.75 Å². The minimum absolute atomic E-state index is 0.00244. The number of carbonyl (C=O) groups is 2. The number of methoxy groups -OCH3 is 1. The minimum atomic E-state index is -0.0638. The Morgan fingerprint density at radius 1 is 1.15 bits per heavy atom. The van der Waals surface area contributed by atoms with Gasteiger partial charge >= 0.3 is 0 Å². The molecule has 142 valence electrons. The number of ether oxygens (including phenoxy) is 1. The van der Waals surface area contributed by atoms with E-state index in [0.29, 0.717) is 31.1 Å². The average Bonchev–Trinajstić information content (AvgIpc) is 2.62. The Kier molecular flexibility index (Phi) is 7.62. The number of hydrogen-bond donors (Lipinski definition) is 2. The molecule has 1 aliphatic heterocycles. The highest BCUT2D eigenvalue weighted by atomic mass is 16.5. The lowest BCUT2D eigenvalue weighted by Gasteiger charge is -2.33. The number of rotatable bonds is 8. The topological polar surface area (TPSA) is 73.9 Å². The van der Waals surface area contributed by atoms with Gasteiger partial charge in [-0.3, -0.25) is 19.4 Å². The maximum atomic E-state index is 12.3. The molecule has 26 heavy (non-hydrogen) atoms. The van der Waals surface area contributed by atoms with Gasteiger partial charge in [-0.15, -0.1) is 6.58 Å². The van der Waals surface area contributed by atoms with Crippen molar-refractivity contribution in [3.8, 4) is 5.75 Å². The molecule has 0 atom stereocenters. The van der Waals surface area contributed by atoms with Crippen LogP contribution in [0.25, 0.3) is 0 Å². The molecule has 1 aromatic rings. The van der Waals surface area contributed by atoms with Crippen LogP contribution in [0.2, 0.25) is 0 Å². The number of nitrogens with zero attached hydrogens (tertiary/aromatic N) is 2. The molecule has 7 nitrogen and oxygen atoms in total. The van der Waals surface area contributed by atoms with E-state index in [-0.39, 0.29) is 11.8 Å². The Morgan fingerprint density at radius 2 is 1.77 bits per heavy atom. The molecule has 7 heteroatoms. The summed E-state index contributed by atoms with van der Waals surface area (Å²) in [5, 5.41) is 5.70. The fourth-order valence-electron chi connectivity index (χ4n) is 2.86. The first-order valence-electron chi connectivity index (χ1n) is 8.78. The third-order valence-corrected chi connectivity index (χ3v) is 4.27. The van der Waals surface area contributed by atoms with E-state index >= 15 is 0 Å². The largest absolute Gasteiger partial charge is 0.495 e. The van der Waals surface area contributed by atoms with Crippen LogP contribution < -0.4 is 15.4 Å². The van der Waals surface area contributed by atoms with Crippen LogP contribution in [0.3, 0.4) is 0 Å². The predicted molar refractivity (Wildman–Crippen MR) is 102 cm³/mol. The van der Waals surface area contributed by atoms with Gasteiger partial charge < -0.3 is 15.4 Å². The number of amides is 2. The van der Waals surface area contributed by atoms with Gasteiger partial charge in [0.05, 0.1) is 25.9 Å². The van der Waals surface area contributed by atoms with E-state index in [1.165, 1.54) is 0 Å². The van der Waals surface area contributed by atoms with Gasteiger partial charge in [-0.1, -0.05) is 12.1 Å². The summed E-state index contributed by atoms with van der Waals surface area (Å²) in [6, 6.07) is 5.69. The second kappa shape index (κ2) is 9.94. The summed E-state index contributed by atoms with van der Waals surface area (Å²) in [5.74, 6) is 0.591. The molecule has 2 amide bonds. The fraction of sp³-hybridized carbons (Fsp3) is 0.474. The van der Waals surface area contributed by atoms with E-state index in [9.17, 15) is 9.59 Å². The molecular weight excluding hydrogens is 332 g/mol. The SMILES string of the molecule is C=CCNC(=O)CN1CCN(CC(=O)Nc2cc(C)ccc2OC)CC1. The zero-order valence-corrected chi connectivity index (χ0v) is 15.6. The van der Waals surface area contributed by atoms with Gasteiger partial charge in [-0.25, -0.2) is 0 Å². The van der Waals surface area contributed by atoms with Crippen molar-refractivity contribution in [2.24, 2.45) is 0 Å². The van der Waals surface area contributed by atoms with Gasteiger partial charge in [0.25, 0.3) is 0 Å². The number of nitrogens with one attached hydrogen (secondary N) is 2. The molecule has 1 saturated heterocycles. The van der Waals surface area contributed by atoms with Crippen LogP contribution in [0.15, 0.2) is 30.9 Å². The Balaban J connectivity index is 1.77. The van der Waals surface area contributed by atoms with Crippen molar-refractivity contribution in [1.29, 1.82) is 0 Å². The Hall–Kier alpha value is -2.38. The lowest BCUT2D eigenvalue weighted by molar-refractivity contribution is -0.123. The van der Waals surface area contributed by atoms with Crippen LogP contribution in [-0.2, 0) is 9.59 Å². The van der Waals surface area contributed by atoms with Crippen LogP contribution in [0.1, 0.15) is 5.56 Å². The molecule has 0 saturated carbocycles. The molecule has 0 aromatic heterocycles. The number of aryl methyl sites for hydroxylation is 1. The van der Waals surface area contributed by atoms with Crippen molar-refractivity contribution in [2.75, 3.05) is 58.2 Å². The van der Waals surface area contributed by atoms with E-state index in [1.807, 2.05) is 25.1 Å². The second-order valence-corrected chi connectivity index (χ2v) is 6.40. The highest BCUT2D eigenvalue weighted by Gasteiger charge is 2.20. The standard InChI is InChI=1S/C19H28N4O3/c1-4-7-20-18(24)13-22-8-10-23(11-9-22)14-19(25)21-16-12-15(2)5-6-17(16)26-3/h4-6,12H,1,7-11,13-14H2,2-3H3,(H,20,24)(H,21,25). The Morgan fingerprint density at radius 3 is 2.35 bits per heavy atom. The van der Waals surface area contributed by atoms with Crippen LogP contribution >= 0.6 is 0 Å². The molecule has 0 bridgehead atoms. The van der Waals surface area contributed by atoms with Crippen molar-refractivity contribution in [2.45, 2.75) is 6.92 Å². The van der Waals surface area contributed by atoms with Crippen molar-refractivity contribution in [3.05, 3.63) is 36.4 Å². The molecule has 2 N–H and O–H groups in total. The first kappa shape index (κ1) is 19.9. The Bertz CT molecular complexity index is 640. The molecule has 0 radical (unpaired) electrons. The lowest BCUT2D eigenvalue weighted by Crippen LogP contribution is -2.51. The van der Waals surface area contributed by atoms with Crippen LogP contribution in [0, 0.1) is 6.92 Å². The van der Waals surface area contributed by atoms with Crippen molar-refractivity contribution in [1.82, 2.24) is 15.1 Å². The summed E-state index contributed by atoms with van der Waals surface area (Å²) < 4.78 is 5.29. The number of hydrogen-bond acceptors (Lipinski definition) is 5. The fourth-order valence-corrected chi connectivity index (χ4v) is 2.86. The normalized spacial score (nSPS) is 15.3. The van der Waals surface area contributed by atoms with Crippen molar-refractivity contribution in [3.63, 3.8) is 0 Å². The molecule has 2 rings (SSSR count). The van der Waals surface area contributed by atoms with E-state index in [0.717, 1.165) is 31.7 Å². The van der Waals surface area contributed by atoms with Crippen LogP contribution in [-0.4, -0.2) is 74.5 Å². The minimum Gasteiger partial charge on any atom is -0.495 e. The molecule has 1 aromatic carbocycles. The molecule has 1 fully saturated rings. The summed E-state index contributed by atoms with van der Waals surface area (Å²) in [6.45, 7) is 9.80. The number of carbonyl (C=O) groups excluding carboxylic acids is 2. The summed E-state index contributed by atoms with van der Waals surface area (Å²) in [7, 11) is 1.59. The summed E-state index contributed by atoms with van der Waals surface area (Å²) in [6.07, 6.45) is 1.66. The lowest BCUT2D eigenvalue weighted by atomic mass is 10.2. The van der Waals surface area contributed by atoms with Gasteiger partial charge in [0.2, 0.25) is 11.8 Å². The predicted octanol–water partition coefficient (Wildman–Crippen LogP) is 0.862. The number of benzene rings is 1. The van der Waals surface area contributed by atoms with E-state index in [4.69, 9.17) is 4.74 Å². The zero-order valence-electron chi connectivity index (χ0n) is 15.6. The third-order valence-electron chi connectivity index (χ3n) is 4.27. The highest BCUT2D eigenvalue weighted by molar-refractivity contribution is 5.93. The van der Waals surface area contributed by atoms with Crippen molar-refractivity contribution >= 4 is 17.5 Å². The summed E-state index contributed by atoms with van der Waals surface area (Å²) >= 11 is 0. The summed E-state index contributed by atoms with van der Waals surface area (Å²) in [5.41, 5.74) is 1.75. The maximum absolute atomic E-state index is 12.3. The van der Waals surface area contributed by atoms with E-state index < -0.39 is 0 Å². The second-order valence-electron chi connectivity index (χ2n) is 6.40. The molecule has 1 aliphatic rings. The molecule has 1 heterocycles. The molecule has 0 aliphatic carbocycles. The monoisotopic (exact) mass is 360 g/mol. The van der Waals surface area contributed by atoms with Crippen molar-refractivity contribution < 1.29 is 14.3 Å². The number of anilines is 1. The summed E-state index contributed by atoms with van der Waals surface area (Å²) in [4.78, 5) is 28.3. The van der Waals surface area contributed by atoms with Gasteiger partial charge in [0, 0.05) is 32.7 Å². The van der Waals surface area contributed by atoms with Gasteiger partial charge in [0.1, 0.15) is 5.75 Å². The zero-order chi connectivity index (χ0) is 18.9. The molecular formula is C19H28N4O3. The first-order valence-corrected chi connectivity index (χ1v) is 8.78. The average molecular weight is 360 g/mol. The maximum Gasteiger partial charge on any atom is 0.238 e. The van der Waals surface area contributed by atoms with E-state index in [1.54, 1.807) is 13.2 Å². The quantitative estimate of drug-likeness (QED) is 0.673. The number of piperazine rings is 1. The molecule has 0 unspecified atom stereocenters. The Labute approximate surface area is 155 Å². The van der Waals surface area contributed by atoms with Crippen LogP contribution in [0.4, 0.5) is 5.69 Å². The highest BCUT2D eigenvalue weighted by Crippen LogP contribution is 2.25. The van der Waals surface area contributed by atoms with E-state index in [2.05, 4.69) is 27.0 Å². The third kappa shape index (κ3) is 6.16. The smallest absolute Gasteiger partial charge is 0.238 e. The van der Waals surface area contributed by atoms with Gasteiger partial charge in [-0.2, -0.15) is 0 Å². The van der Waals surface area contributed by atoms with Gasteiger partial charge in [-0.05, 0) is 24.6 Å². The first-order chi connectivity index (χ1) is 12.5. The van der Waals surface area contributed by atoms with Gasteiger partial charge in [0.15, 0.2) is 0 Å². The molecule has 0 spiro atoms.